The van der Waals surface area contributed by atoms with Gasteiger partial charge in [0, 0.05) is 17.8 Å². The van der Waals surface area contributed by atoms with Crippen LogP contribution in [0.15, 0.2) is 24.7 Å². The molecule has 1 aliphatic carbocycles. The highest BCUT2D eigenvalue weighted by molar-refractivity contribution is 5.12. The maximum atomic E-state index is 3.98. The van der Waals surface area contributed by atoms with Gasteiger partial charge in [-0.2, -0.15) is 0 Å². The number of rotatable bonds is 1. The molecule has 52 valence electrons. The predicted octanol–water partition coefficient (Wildman–Crippen LogP) is 1.84. The summed E-state index contributed by atoms with van der Waals surface area (Å²) < 4.78 is 0. The SMILES string of the molecule is C1=CCC(c2cnc[nH]2)C1. The maximum absolute atomic E-state index is 3.98. The van der Waals surface area contributed by atoms with Gasteiger partial charge >= 0.3 is 0 Å². The van der Waals surface area contributed by atoms with Crippen molar-refractivity contribution >= 4 is 0 Å². The lowest BCUT2D eigenvalue weighted by Crippen LogP contribution is -1.91. The second kappa shape index (κ2) is 2.29. The third-order valence-electron chi connectivity index (χ3n) is 1.97. The fraction of sp³-hybridized carbons (Fsp3) is 0.375. The zero-order valence-corrected chi connectivity index (χ0v) is 5.75. The van der Waals surface area contributed by atoms with Crippen LogP contribution in [0.3, 0.4) is 0 Å². The molecule has 1 N–H and O–H groups in total. The van der Waals surface area contributed by atoms with Crippen LogP contribution in [0.1, 0.15) is 24.5 Å². The summed E-state index contributed by atoms with van der Waals surface area (Å²) in [5, 5.41) is 0. The van der Waals surface area contributed by atoms with Crippen LogP contribution in [0, 0.1) is 0 Å². The molecule has 2 nitrogen and oxygen atoms in total. The molecule has 1 aromatic heterocycles. The van der Waals surface area contributed by atoms with Crippen LogP contribution in [0.4, 0.5) is 0 Å². The van der Waals surface area contributed by atoms with E-state index in [4.69, 9.17) is 0 Å². The molecule has 1 aromatic rings. The molecule has 1 heterocycles. The van der Waals surface area contributed by atoms with Crippen molar-refractivity contribution in [2.45, 2.75) is 18.8 Å². The van der Waals surface area contributed by atoms with Crippen molar-refractivity contribution in [1.29, 1.82) is 0 Å². The number of aromatic nitrogens is 2. The fourth-order valence-corrected chi connectivity index (χ4v) is 1.36. The van der Waals surface area contributed by atoms with Crippen LogP contribution in [-0.2, 0) is 0 Å². The van der Waals surface area contributed by atoms with Crippen molar-refractivity contribution in [3.8, 4) is 0 Å². The number of nitrogens with zero attached hydrogens (tertiary/aromatic N) is 1. The highest BCUT2D eigenvalue weighted by atomic mass is 14.9. The molecule has 0 saturated heterocycles. The molecule has 0 radical (unpaired) electrons. The minimum atomic E-state index is 0.669. The van der Waals surface area contributed by atoms with E-state index in [0.717, 1.165) is 0 Å². The maximum Gasteiger partial charge on any atom is 0.0921 e. The monoisotopic (exact) mass is 134 g/mol. The van der Waals surface area contributed by atoms with E-state index in [2.05, 4.69) is 22.1 Å². The van der Waals surface area contributed by atoms with E-state index < -0.39 is 0 Å². The van der Waals surface area contributed by atoms with Gasteiger partial charge in [-0.3, -0.25) is 0 Å². The molecule has 2 rings (SSSR count). The third-order valence-corrected chi connectivity index (χ3v) is 1.97. The Labute approximate surface area is 60.0 Å². The Morgan fingerprint density at radius 1 is 1.40 bits per heavy atom. The average molecular weight is 134 g/mol. The van der Waals surface area contributed by atoms with Gasteiger partial charge in [-0.1, -0.05) is 12.2 Å². The van der Waals surface area contributed by atoms with E-state index in [1.807, 2.05) is 6.20 Å². The molecule has 0 fully saturated rings. The first kappa shape index (κ1) is 5.71. The largest absolute Gasteiger partial charge is 0.348 e. The van der Waals surface area contributed by atoms with Gasteiger partial charge in [-0.25, -0.2) is 4.98 Å². The highest BCUT2D eigenvalue weighted by Gasteiger charge is 2.12. The number of hydrogen-bond acceptors (Lipinski definition) is 1. The van der Waals surface area contributed by atoms with Gasteiger partial charge in [0.25, 0.3) is 0 Å². The number of allylic oxidation sites excluding steroid dienone is 2. The van der Waals surface area contributed by atoms with E-state index in [1.54, 1.807) is 6.33 Å². The van der Waals surface area contributed by atoms with Gasteiger partial charge in [-0.15, -0.1) is 0 Å². The minimum Gasteiger partial charge on any atom is -0.348 e. The van der Waals surface area contributed by atoms with Crippen LogP contribution in [-0.4, -0.2) is 9.97 Å². The Morgan fingerprint density at radius 2 is 2.20 bits per heavy atom. The van der Waals surface area contributed by atoms with Gasteiger partial charge in [0.2, 0.25) is 0 Å². The number of aromatic amines is 1. The molecule has 0 spiro atoms. The number of hydrogen-bond donors (Lipinski definition) is 1. The topological polar surface area (TPSA) is 28.7 Å². The second-order valence-electron chi connectivity index (χ2n) is 2.65. The van der Waals surface area contributed by atoms with Crippen LogP contribution in [0.5, 0.6) is 0 Å². The van der Waals surface area contributed by atoms with Crippen molar-refractivity contribution in [1.82, 2.24) is 9.97 Å². The fourth-order valence-electron chi connectivity index (χ4n) is 1.36. The summed E-state index contributed by atoms with van der Waals surface area (Å²) in [4.78, 5) is 7.11. The van der Waals surface area contributed by atoms with Crippen molar-refractivity contribution in [2.75, 3.05) is 0 Å². The minimum absolute atomic E-state index is 0.669. The summed E-state index contributed by atoms with van der Waals surface area (Å²) in [5.41, 5.74) is 1.27. The van der Waals surface area contributed by atoms with Gasteiger partial charge < -0.3 is 4.98 Å². The lowest BCUT2D eigenvalue weighted by atomic mass is 10.0. The summed E-state index contributed by atoms with van der Waals surface area (Å²) in [6.07, 6.45) is 10.5. The Balaban J connectivity index is 2.14. The summed E-state index contributed by atoms with van der Waals surface area (Å²) >= 11 is 0. The first-order valence-electron chi connectivity index (χ1n) is 3.60. The molecule has 0 aliphatic heterocycles. The normalized spacial score (nSPS) is 18.4. The summed E-state index contributed by atoms with van der Waals surface area (Å²) in [6.45, 7) is 0. The Kier molecular flexibility index (Phi) is 1.31. The molecule has 2 heteroatoms. The standard InChI is InChI=1S/C8H10N2/c1-2-4-7(3-1)8-5-9-6-10-8/h1-2,5-7H,3-4H2,(H,9,10). The van der Waals surface area contributed by atoms with Gasteiger partial charge in [0.1, 0.15) is 0 Å². The van der Waals surface area contributed by atoms with E-state index in [0.29, 0.717) is 5.92 Å². The zero-order valence-electron chi connectivity index (χ0n) is 5.75. The summed E-state index contributed by atoms with van der Waals surface area (Å²) in [7, 11) is 0. The molecule has 0 bridgehead atoms. The molecule has 0 amide bonds. The number of H-pyrrole nitrogens is 1. The van der Waals surface area contributed by atoms with Crippen molar-refractivity contribution in [3.63, 3.8) is 0 Å². The first-order chi connectivity index (χ1) is 4.97. The Hall–Kier alpha value is -1.05. The summed E-state index contributed by atoms with van der Waals surface area (Å²) in [5.74, 6) is 0.669. The lowest BCUT2D eigenvalue weighted by molar-refractivity contribution is 0.730. The smallest absolute Gasteiger partial charge is 0.0921 e. The molecule has 1 aliphatic rings. The number of imidazole rings is 1. The van der Waals surface area contributed by atoms with Crippen molar-refractivity contribution in [2.24, 2.45) is 0 Å². The van der Waals surface area contributed by atoms with Crippen LogP contribution in [0.25, 0.3) is 0 Å². The molecule has 10 heavy (non-hydrogen) atoms. The van der Waals surface area contributed by atoms with Crippen molar-refractivity contribution < 1.29 is 0 Å². The van der Waals surface area contributed by atoms with E-state index in [-0.39, 0.29) is 0 Å². The van der Waals surface area contributed by atoms with Crippen LogP contribution >= 0.6 is 0 Å². The molecule has 0 saturated carbocycles. The second-order valence-corrected chi connectivity index (χ2v) is 2.65. The van der Waals surface area contributed by atoms with Gasteiger partial charge in [-0.05, 0) is 12.8 Å². The van der Waals surface area contributed by atoms with Gasteiger partial charge in [0.05, 0.1) is 6.33 Å². The Bertz CT molecular complexity index is 215. The first-order valence-corrected chi connectivity index (χ1v) is 3.60. The van der Waals surface area contributed by atoms with Crippen LogP contribution in [0.2, 0.25) is 0 Å². The predicted molar refractivity (Wildman–Crippen MR) is 39.7 cm³/mol. The molecular formula is C8H10N2. The average Bonchev–Trinajstić information content (AvgIpc) is 2.59. The molecule has 0 unspecified atom stereocenters. The molecule has 0 atom stereocenters. The van der Waals surface area contributed by atoms with Gasteiger partial charge in [0.15, 0.2) is 0 Å². The Morgan fingerprint density at radius 3 is 2.80 bits per heavy atom. The third kappa shape index (κ3) is 0.856. The van der Waals surface area contributed by atoms with E-state index >= 15 is 0 Å². The van der Waals surface area contributed by atoms with Crippen molar-refractivity contribution in [3.05, 3.63) is 30.4 Å². The molecular weight excluding hydrogens is 124 g/mol. The lowest BCUT2D eigenvalue weighted by Gasteiger charge is -2.03. The summed E-state index contributed by atoms with van der Waals surface area (Å²) in [6, 6.07) is 0. The van der Waals surface area contributed by atoms with E-state index in [9.17, 15) is 0 Å². The van der Waals surface area contributed by atoms with Crippen LogP contribution < -0.4 is 0 Å². The molecule has 0 aromatic carbocycles. The highest BCUT2D eigenvalue weighted by Crippen LogP contribution is 2.26. The van der Waals surface area contributed by atoms with E-state index in [1.165, 1.54) is 18.5 Å². The number of nitrogens with one attached hydrogen (secondary N) is 1. The zero-order chi connectivity index (χ0) is 6.81. The quantitative estimate of drug-likeness (QED) is 0.583.